The van der Waals surface area contributed by atoms with E-state index in [0.29, 0.717) is 6.42 Å². The zero-order valence-corrected chi connectivity index (χ0v) is 9.65. The quantitative estimate of drug-likeness (QED) is 0.784. The molecule has 1 unspecified atom stereocenters. The fourth-order valence-corrected chi connectivity index (χ4v) is 1.29. The number of hydrogen-bond acceptors (Lipinski definition) is 3. The van der Waals surface area contributed by atoms with Gasteiger partial charge in [0.1, 0.15) is 0 Å². The van der Waals surface area contributed by atoms with Gasteiger partial charge in [0, 0.05) is 12.6 Å². The van der Waals surface area contributed by atoms with Crippen LogP contribution in [0.4, 0.5) is 4.39 Å². The van der Waals surface area contributed by atoms with Gasteiger partial charge in [-0.15, -0.1) is 0 Å². The van der Waals surface area contributed by atoms with Crippen LogP contribution in [0.2, 0.25) is 0 Å². The molecule has 0 aliphatic carbocycles. The third kappa shape index (κ3) is 4.82. The van der Waals surface area contributed by atoms with Gasteiger partial charge in [0.05, 0.1) is 0 Å². The van der Waals surface area contributed by atoms with E-state index in [1.807, 2.05) is 0 Å². The van der Waals surface area contributed by atoms with Gasteiger partial charge in [0.2, 0.25) is 0 Å². The van der Waals surface area contributed by atoms with Gasteiger partial charge in [0.15, 0.2) is 18.2 Å². The zero-order chi connectivity index (χ0) is 12.7. The van der Waals surface area contributed by atoms with Gasteiger partial charge in [-0.2, -0.15) is 0 Å². The molecule has 1 aromatic rings. The van der Waals surface area contributed by atoms with Crippen LogP contribution in [0.25, 0.3) is 0 Å². The number of ether oxygens (including phenoxy) is 1. The molecule has 2 N–H and O–H groups in total. The van der Waals surface area contributed by atoms with E-state index in [9.17, 15) is 9.18 Å². The summed E-state index contributed by atoms with van der Waals surface area (Å²) in [7, 11) is 0. The largest absolute Gasteiger partial charge is 0.481 e. The van der Waals surface area contributed by atoms with E-state index in [0.717, 1.165) is 0 Å². The molecule has 5 heteroatoms. The zero-order valence-electron chi connectivity index (χ0n) is 9.65. The number of amides is 1. The van der Waals surface area contributed by atoms with Crippen molar-refractivity contribution in [2.75, 3.05) is 13.2 Å². The third-order valence-corrected chi connectivity index (χ3v) is 2.16. The molecule has 0 heterocycles. The maximum atomic E-state index is 13.1. The van der Waals surface area contributed by atoms with Crippen molar-refractivity contribution in [2.45, 2.75) is 19.4 Å². The number of rotatable bonds is 6. The van der Waals surface area contributed by atoms with Crippen LogP contribution in [0.5, 0.6) is 5.75 Å². The van der Waals surface area contributed by atoms with Gasteiger partial charge in [-0.05, 0) is 25.5 Å². The SMILES string of the molecule is CC(CCO)NC(=O)COc1ccccc1F. The molecule has 17 heavy (non-hydrogen) atoms. The van der Waals surface area contributed by atoms with Crippen molar-refractivity contribution in [1.82, 2.24) is 5.32 Å². The van der Waals surface area contributed by atoms with Crippen molar-refractivity contribution < 1.29 is 19.0 Å². The van der Waals surface area contributed by atoms with Gasteiger partial charge in [0.25, 0.3) is 5.91 Å². The molecule has 94 valence electrons. The second-order valence-corrected chi connectivity index (χ2v) is 3.70. The second kappa shape index (κ2) is 6.85. The molecule has 0 aliphatic rings. The Morgan fingerprint density at radius 1 is 1.53 bits per heavy atom. The molecule has 1 rings (SSSR count). The summed E-state index contributed by atoms with van der Waals surface area (Å²) in [5.74, 6) is -0.782. The van der Waals surface area contributed by atoms with Gasteiger partial charge in [-0.3, -0.25) is 4.79 Å². The topological polar surface area (TPSA) is 58.6 Å². The minimum Gasteiger partial charge on any atom is -0.481 e. The van der Waals surface area contributed by atoms with Crippen LogP contribution < -0.4 is 10.1 Å². The first-order valence-corrected chi connectivity index (χ1v) is 5.41. The smallest absolute Gasteiger partial charge is 0.258 e. The Bertz CT molecular complexity index is 371. The van der Waals surface area contributed by atoms with Crippen LogP contribution in [-0.2, 0) is 4.79 Å². The van der Waals surface area contributed by atoms with Crippen LogP contribution in [0, 0.1) is 5.82 Å². The first-order chi connectivity index (χ1) is 8.13. The normalized spacial score (nSPS) is 11.9. The van der Waals surface area contributed by atoms with E-state index in [4.69, 9.17) is 9.84 Å². The monoisotopic (exact) mass is 241 g/mol. The standard InChI is InChI=1S/C12H16FNO3/c1-9(6-7-15)14-12(16)8-17-11-5-3-2-4-10(11)13/h2-5,9,15H,6-8H2,1H3,(H,14,16). The van der Waals surface area contributed by atoms with E-state index in [1.165, 1.54) is 12.1 Å². The first-order valence-electron chi connectivity index (χ1n) is 5.41. The lowest BCUT2D eigenvalue weighted by atomic mass is 10.2. The average molecular weight is 241 g/mol. The lowest BCUT2D eigenvalue weighted by Crippen LogP contribution is -2.36. The minimum atomic E-state index is -0.497. The molecule has 0 fully saturated rings. The maximum absolute atomic E-state index is 13.1. The molecular weight excluding hydrogens is 225 g/mol. The number of aliphatic hydroxyl groups excluding tert-OH is 1. The minimum absolute atomic E-state index is 0.00954. The Hall–Kier alpha value is -1.62. The third-order valence-electron chi connectivity index (χ3n) is 2.16. The number of aliphatic hydroxyl groups is 1. The molecule has 1 aromatic carbocycles. The highest BCUT2D eigenvalue weighted by Crippen LogP contribution is 2.14. The van der Waals surface area contributed by atoms with E-state index in [1.54, 1.807) is 19.1 Å². The van der Waals surface area contributed by atoms with E-state index in [-0.39, 0.29) is 30.9 Å². The van der Waals surface area contributed by atoms with Crippen LogP contribution in [0.1, 0.15) is 13.3 Å². The Balaban J connectivity index is 2.36. The van der Waals surface area contributed by atoms with Crippen molar-refractivity contribution in [3.05, 3.63) is 30.1 Å². The summed E-state index contributed by atoms with van der Waals surface area (Å²) in [5, 5.41) is 11.3. The number of nitrogens with one attached hydrogen (secondary N) is 1. The molecule has 4 nitrogen and oxygen atoms in total. The Morgan fingerprint density at radius 2 is 2.24 bits per heavy atom. The van der Waals surface area contributed by atoms with Gasteiger partial charge in [-0.25, -0.2) is 4.39 Å². The fourth-order valence-electron chi connectivity index (χ4n) is 1.29. The van der Waals surface area contributed by atoms with Gasteiger partial charge in [-0.1, -0.05) is 12.1 Å². The summed E-state index contributed by atoms with van der Waals surface area (Å²) >= 11 is 0. The van der Waals surface area contributed by atoms with Crippen LogP contribution in [0.15, 0.2) is 24.3 Å². The lowest BCUT2D eigenvalue weighted by Gasteiger charge is -2.13. The van der Waals surface area contributed by atoms with Crippen molar-refractivity contribution in [1.29, 1.82) is 0 Å². The summed E-state index contributed by atoms with van der Waals surface area (Å²) in [6.07, 6.45) is 0.478. The molecule has 1 amide bonds. The van der Waals surface area contributed by atoms with Crippen molar-refractivity contribution in [3.8, 4) is 5.75 Å². The number of halogens is 1. The predicted octanol–water partition coefficient (Wildman–Crippen LogP) is 1.09. The van der Waals surface area contributed by atoms with Crippen LogP contribution >= 0.6 is 0 Å². The highest BCUT2D eigenvalue weighted by Gasteiger charge is 2.08. The molecule has 0 saturated heterocycles. The number of carbonyl (C=O) groups is 1. The molecular formula is C12H16FNO3. The maximum Gasteiger partial charge on any atom is 0.258 e. The Kier molecular flexibility index (Phi) is 5.42. The molecule has 1 atom stereocenters. The predicted molar refractivity (Wildman–Crippen MR) is 61.2 cm³/mol. The van der Waals surface area contributed by atoms with Crippen molar-refractivity contribution in [2.24, 2.45) is 0 Å². The molecule has 0 bridgehead atoms. The summed E-state index contributed by atoms with van der Waals surface area (Å²) in [6, 6.07) is 5.77. The first kappa shape index (κ1) is 13.4. The second-order valence-electron chi connectivity index (χ2n) is 3.70. The highest BCUT2D eigenvalue weighted by molar-refractivity contribution is 5.77. The molecule has 0 radical (unpaired) electrons. The Morgan fingerprint density at radius 3 is 2.88 bits per heavy atom. The van der Waals surface area contributed by atoms with Crippen molar-refractivity contribution >= 4 is 5.91 Å². The average Bonchev–Trinajstić information content (AvgIpc) is 2.28. The number of para-hydroxylation sites is 1. The van der Waals surface area contributed by atoms with Gasteiger partial charge >= 0.3 is 0 Å². The van der Waals surface area contributed by atoms with E-state index >= 15 is 0 Å². The molecule has 0 spiro atoms. The highest BCUT2D eigenvalue weighted by atomic mass is 19.1. The summed E-state index contributed by atoms with van der Waals surface area (Å²) in [6.45, 7) is 1.55. The number of carbonyl (C=O) groups excluding carboxylic acids is 1. The summed E-state index contributed by atoms with van der Waals surface area (Å²) in [4.78, 5) is 11.4. The Labute approximate surface area is 99.4 Å². The van der Waals surface area contributed by atoms with Crippen molar-refractivity contribution in [3.63, 3.8) is 0 Å². The molecule has 0 saturated carbocycles. The number of hydrogen-bond donors (Lipinski definition) is 2. The number of benzene rings is 1. The van der Waals surface area contributed by atoms with Crippen LogP contribution in [0.3, 0.4) is 0 Å². The molecule has 0 aromatic heterocycles. The fraction of sp³-hybridized carbons (Fsp3) is 0.417. The summed E-state index contributed by atoms with van der Waals surface area (Å²) in [5.41, 5.74) is 0. The summed E-state index contributed by atoms with van der Waals surface area (Å²) < 4.78 is 18.2. The van der Waals surface area contributed by atoms with E-state index < -0.39 is 5.82 Å². The van der Waals surface area contributed by atoms with E-state index in [2.05, 4.69) is 5.32 Å². The lowest BCUT2D eigenvalue weighted by molar-refractivity contribution is -0.123. The van der Waals surface area contributed by atoms with Crippen LogP contribution in [-0.4, -0.2) is 30.3 Å². The molecule has 0 aliphatic heterocycles. The van der Waals surface area contributed by atoms with Gasteiger partial charge < -0.3 is 15.2 Å².